The van der Waals surface area contributed by atoms with Crippen LogP contribution in [0, 0.1) is 5.82 Å². The molecule has 2 aromatic carbocycles. The van der Waals surface area contributed by atoms with Crippen molar-refractivity contribution in [1.82, 2.24) is 10.6 Å². The van der Waals surface area contributed by atoms with Gasteiger partial charge in [0, 0.05) is 26.4 Å². The van der Waals surface area contributed by atoms with Crippen LogP contribution in [0.25, 0.3) is 0 Å². The maximum absolute atomic E-state index is 13.6. The van der Waals surface area contributed by atoms with Crippen LogP contribution in [-0.2, 0) is 28.6 Å². The Bertz CT molecular complexity index is 955. The van der Waals surface area contributed by atoms with Crippen LogP contribution in [0.15, 0.2) is 47.5 Å². The Balaban J connectivity index is 1.84. The number of halogens is 1. The Labute approximate surface area is 179 Å². The van der Waals surface area contributed by atoms with E-state index in [0.717, 1.165) is 19.4 Å². The molecule has 0 radical (unpaired) electrons. The molecule has 0 amide bonds. The lowest BCUT2D eigenvalue weighted by Crippen LogP contribution is -2.37. The van der Waals surface area contributed by atoms with E-state index in [4.69, 9.17) is 0 Å². The second-order valence-electron chi connectivity index (χ2n) is 7.84. The molecule has 0 aliphatic heterocycles. The van der Waals surface area contributed by atoms with Crippen LogP contribution in [0.5, 0.6) is 0 Å². The van der Waals surface area contributed by atoms with E-state index in [1.54, 1.807) is 7.05 Å². The normalized spacial score (nSPS) is 12.3. The van der Waals surface area contributed by atoms with Crippen LogP contribution in [0.3, 0.4) is 0 Å². The van der Waals surface area contributed by atoms with Crippen molar-refractivity contribution in [2.45, 2.75) is 44.9 Å². The molecule has 5 nitrogen and oxygen atoms in total. The second-order valence-corrected chi connectivity index (χ2v) is 9.98. The van der Waals surface area contributed by atoms with E-state index in [1.165, 1.54) is 35.6 Å². The van der Waals surface area contributed by atoms with Crippen LogP contribution in [0.2, 0.25) is 0 Å². The van der Waals surface area contributed by atoms with Gasteiger partial charge < -0.3 is 10.6 Å². The zero-order chi connectivity index (χ0) is 22.1. The Kier molecular flexibility index (Phi) is 8.84. The summed E-state index contributed by atoms with van der Waals surface area (Å²) in [6.45, 7) is 5.40. The molecule has 2 rings (SSSR count). The summed E-state index contributed by atoms with van der Waals surface area (Å²) in [5, 5.41) is 6.38. The molecule has 0 aromatic heterocycles. The van der Waals surface area contributed by atoms with Crippen LogP contribution >= 0.6 is 0 Å². The molecule has 0 atom stereocenters. The fourth-order valence-corrected chi connectivity index (χ4v) is 4.00. The minimum Gasteiger partial charge on any atom is -0.356 e. The summed E-state index contributed by atoms with van der Waals surface area (Å²) in [6, 6.07) is 12.9. The predicted octanol–water partition coefficient (Wildman–Crippen LogP) is 3.79. The summed E-state index contributed by atoms with van der Waals surface area (Å²) in [5.74, 6) is 0.618. The number of nitrogens with zero attached hydrogens (tertiary/aromatic N) is 1. The molecule has 0 heterocycles. The van der Waals surface area contributed by atoms with Gasteiger partial charge in [-0.1, -0.05) is 44.2 Å². The minimum atomic E-state index is -3.20. The average Bonchev–Trinajstić information content (AvgIpc) is 2.68. The van der Waals surface area contributed by atoms with Crippen LogP contribution in [0.1, 0.15) is 48.4 Å². The van der Waals surface area contributed by atoms with E-state index < -0.39 is 15.7 Å². The third kappa shape index (κ3) is 8.14. The fourth-order valence-electron chi connectivity index (χ4n) is 3.15. The number of aliphatic imine (C=N–C) groups is 1. The van der Waals surface area contributed by atoms with Gasteiger partial charge in [-0.25, -0.2) is 12.8 Å². The van der Waals surface area contributed by atoms with E-state index in [0.29, 0.717) is 29.5 Å². The SMILES string of the molecule is CN=C(NCCCc1ccc(C(C)C)cc1)NCc1cc(F)ccc1CS(C)(=O)=O. The van der Waals surface area contributed by atoms with Crippen LogP contribution < -0.4 is 10.6 Å². The van der Waals surface area contributed by atoms with Crippen molar-refractivity contribution in [3.05, 3.63) is 70.5 Å². The lowest BCUT2D eigenvalue weighted by atomic mass is 10.0. The molecular formula is C23H32FN3O2S. The van der Waals surface area contributed by atoms with E-state index in [1.807, 2.05) is 0 Å². The number of guanidine groups is 1. The third-order valence-electron chi connectivity index (χ3n) is 4.84. The monoisotopic (exact) mass is 433 g/mol. The summed E-state index contributed by atoms with van der Waals surface area (Å²) in [6.07, 6.45) is 3.08. The fraction of sp³-hybridized carbons (Fsp3) is 0.435. The predicted molar refractivity (Wildman–Crippen MR) is 122 cm³/mol. The van der Waals surface area contributed by atoms with Gasteiger partial charge in [0.15, 0.2) is 15.8 Å². The Morgan fingerprint density at radius 1 is 1.07 bits per heavy atom. The van der Waals surface area contributed by atoms with Crippen molar-refractivity contribution in [1.29, 1.82) is 0 Å². The highest BCUT2D eigenvalue weighted by Gasteiger charge is 2.11. The van der Waals surface area contributed by atoms with Crippen molar-refractivity contribution in [2.75, 3.05) is 19.8 Å². The summed E-state index contributed by atoms with van der Waals surface area (Å²) in [5.41, 5.74) is 3.84. The minimum absolute atomic E-state index is 0.119. The highest BCUT2D eigenvalue weighted by Crippen LogP contribution is 2.16. The Morgan fingerprint density at radius 3 is 2.37 bits per heavy atom. The molecule has 0 unspecified atom stereocenters. The van der Waals surface area contributed by atoms with E-state index >= 15 is 0 Å². The smallest absolute Gasteiger partial charge is 0.191 e. The molecule has 30 heavy (non-hydrogen) atoms. The number of hydrogen-bond donors (Lipinski definition) is 2. The number of aryl methyl sites for hydroxylation is 1. The van der Waals surface area contributed by atoms with Gasteiger partial charge in [-0.2, -0.15) is 0 Å². The molecule has 0 aliphatic rings. The van der Waals surface area contributed by atoms with Gasteiger partial charge >= 0.3 is 0 Å². The second kappa shape index (κ2) is 11.1. The van der Waals surface area contributed by atoms with Crippen LogP contribution in [0.4, 0.5) is 4.39 Å². The molecule has 0 spiro atoms. The van der Waals surface area contributed by atoms with Crippen molar-refractivity contribution in [3.63, 3.8) is 0 Å². The van der Waals surface area contributed by atoms with E-state index in [-0.39, 0.29) is 5.75 Å². The zero-order valence-electron chi connectivity index (χ0n) is 18.2. The van der Waals surface area contributed by atoms with Crippen molar-refractivity contribution in [3.8, 4) is 0 Å². The molecule has 0 saturated carbocycles. The number of benzene rings is 2. The maximum atomic E-state index is 13.6. The van der Waals surface area contributed by atoms with Gasteiger partial charge in [-0.3, -0.25) is 4.99 Å². The number of hydrogen-bond acceptors (Lipinski definition) is 3. The quantitative estimate of drug-likeness (QED) is 0.359. The van der Waals surface area contributed by atoms with Gasteiger partial charge in [0.1, 0.15) is 5.82 Å². The molecule has 0 saturated heterocycles. The highest BCUT2D eigenvalue weighted by molar-refractivity contribution is 7.89. The number of sulfone groups is 1. The van der Waals surface area contributed by atoms with Gasteiger partial charge in [-0.05, 0) is 53.1 Å². The summed E-state index contributed by atoms with van der Waals surface area (Å²) < 4.78 is 36.9. The van der Waals surface area contributed by atoms with Gasteiger partial charge in [0.25, 0.3) is 0 Å². The van der Waals surface area contributed by atoms with E-state index in [2.05, 4.69) is 53.7 Å². The molecule has 0 aliphatic carbocycles. The summed E-state index contributed by atoms with van der Waals surface area (Å²) >= 11 is 0. The lowest BCUT2D eigenvalue weighted by Gasteiger charge is -2.14. The average molecular weight is 434 g/mol. The maximum Gasteiger partial charge on any atom is 0.191 e. The first-order valence-electron chi connectivity index (χ1n) is 10.2. The summed E-state index contributed by atoms with van der Waals surface area (Å²) in [7, 11) is -1.53. The molecule has 2 aromatic rings. The Morgan fingerprint density at radius 2 is 1.77 bits per heavy atom. The molecular weight excluding hydrogens is 401 g/mol. The Hall–Kier alpha value is -2.41. The standard InChI is InChI=1S/C23H32FN3O2S/c1-17(2)19-9-7-18(8-10-19)6-5-13-26-23(25-3)27-15-21-14-22(24)12-11-20(21)16-30(4,28)29/h7-12,14,17H,5-6,13,15-16H2,1-4H3,(H2,25,26,27). The van der Waals surface area contributed by atoms with Crippen molar-refractivity contribution in [2.24, 2.45) is 4.99 Å². The first-order valence-corrected chi connectivity index (χ1v) is 12.2. The summed E-state index contributed by atoms with van der Waals surface area (Å²) in [4.78, 5) is 4.19. The van der Waals surface area contributed by atoms with Crippen molar-refractivity contribution < 1.29 is 12.8 Å². The number of nitrogens with one attached hydrogen (secondary N) is 2. The molecule has 7 heteroatoms. The lowest BCUT2D eigenvalue weighted by molar-refractivity contribution is 0.599. The molecule has 2 N–H and O–H groups in total. The molecule has 0 bridgehead atoms. The molecule has 0 fully saturated rings. The largest absolute Gasteiger partial charge is 0.356 e. The topological polar surface area (TPSA) is 70.6 Å². The van der Waals surface area contributed by atoms with Gasteiger partial charge in [0.2, 0.25) is 0 Å². The van der Waals surface area contributed by atoms with Gasteiger partial charge in [-0.15, -0.1) is 0 Å². The first kappa shape index (κ1) is 23.9. The van der Waals surface area contributed by atoms with Gasteiger partial charge in [0.05, 0.1) is 5.75 Å². The number of rotatable bonds is 9. The highest BCUT2D eigenvalue weighted by atomic mass is 32.2. The third-order valence-corrected chi connectivity index (χ3v) is 5.67. The van der Waals surface area contributed by atoms with Crippen molar-refractivity contribution >= 4 is 15.8 Å². The first-order chi connectivity index (χ1) is 14.2. The van der Waals surface area contributed by atoms with Crippen LogP contribution in [-0.4, -0.2) is 34.2 Å². The van der Waals surface area contributed by atoms with E-state index in [9.17, 15) is 12.8 Å². The zero-order valence-corrected chi connectivity index (χ0v) is 19.0. The molecule has 164 valence electrons.